The van der Waals surface area contributed by atoms with Crippen LogP contribution in [-0.2, 0) is 6.54 Å². The van der Waals surface area contributed by atoms with Crippen molar-refractivity contribution in [2.45, 2.75) is 71.0 Å². The molecule has 0 amide bonds. The third kappa shape index (κ3) is 2.92. The number of rotatable bonds is 5. The number of hydrogen-bond donors (Lipinski definition) is 0. The average Bonchev–Trinajstić information content (AvgIpc) is 2.95. The van der Waals surface area contributed by atoms with Gasteiger partial charge in [0, 0.05) is 17.7 Å². The zero-order valence-electron chi connectivity index (χ0n) is 14.2. The topological polar surface area (TPSA) is 60.0 Å². The van der Waals surface area contributed by atoms with E-state index in [9.17, 15) is 0 Å². The van der Waals surface area contributed by atoms with Gasteiger partial charge in [0.1, 0.15) is 0 Å². The third-order valence-electron chi connectivity index (χ3n) is 5.16. The normalized spacial score (nSPS) is 23.5. The Kier molecular flexibility index (Phi) is 3.71. The van der Waals surface area contributed by atoms with E-state index in [2.05, 4.69) is 51.7 Å². The number of hydrogen-bond acceptors (Lipinski definition) is 5. The second-order valence-electron chi connectivity index (χ2n) is 7.08. The molecule has 1 saturated heterocycles. The molecule has 1 aliphatic carbocycles. The predicted octanol–water partition coefficient (Wildman–Crippen LogP) is 2.99. The molecule has 6 heteroatoms. The van der Waals surface area contributed by atoms with Gasteiger partial charge in [-0.2, -0.15) is 10.1 Å². The van der Waals surface area contributed by atoms with Crippen molar-refractivity contribution in [2.75, 3.05) is 6.54 Å². The van der Waals surface area contributed by atoms with Gasteiger partial charge in [-0.05, 0) is 59.1 Å². The Morgan fingerprint density at radius 2 is 2.13 bits per heavy atom. The van der Waals surface area contributed by atoms with E-state index < -0.39 is 0 Å². The fraction of sp³-hybridized carbons (Fsp3) is 0.706. The maximum atomic E-state index is 5.54. The van der Waals surface area contributed by atoms with Gasteiger partial charge in [0.25, 0.3) is 0 Å². The highest BCUT2D eigenvalue weighted by molar-refractivity contribution is 5.08. The van der Waals surface area contributed by atoms with Gasteiger partial charge in [0.05, 0.1) is 18.3 Å². The Hall–Kier alpha value is -1.69. The van der Waals surface area contributed by atoms with E-state index in [0.29, 0.717) is 12.0 Å². The van der Waals surface area contributed by atoms with Gasteiger partial charge in [0.2, 0.25) is 5.89 Å². The summed E-state index contributed by atoms with van der Waals surface area (Å²) in [6.45, 7) is 8.39. The summed E-state index contributed by atoms with van der Waals surface area (Å²) >= 11 is 0. The van der Waals surface area contributed by atoms with Gasteiger partial charge in [-0.1, -0.05) is 5.16 Å². The van der Waals surface area contributed by atoms with Crippen LogP contribution in [0, 0.1) is 13.8 Å². The molecule has 0 aromatic carbocycles. The molecule has 23 heavy (non-hydrogen) atoms. The van der Waals surface area contributed by atoms with E-state index in [0.717, 1.165) is 30.5 Å². The van der Waals surface area contributed by atoms with Crippen LogP contribution in [0.1, 0.15) is 67.7 Å². The third-order valence-corrected chi connectivity index (χ3v) is 5.16. The predicted molar refractivity (Wildman–Crippen MR) is 86.1 cm³/mol. The molecule has 4 rings (SSSR count). The minimum atomic E-state index is 0.180. The number of nitrogens with zero attached hydrogens (tertiary/aromatic N) is 5. The average molecular weight is 315 g/mol. The van der Waals surface area contributed by atoms with Crippen LogP contribution in [0.25, 0.3) is 0 Å². The van der Waals surface area contributed by atoms with Crippen LogP contribution >= 0.6 is 0 Å². The first kappa shape index (κ1) is 14.9. The molecular formula is C17H25N5O. The highest BCUT2D eigenvalue weighted by atomic mass is 16.5. The quantitative estimate of drug-likeness (QED) is 0.849. The Morgan fingerprint density at radius 1 is 1.30 bits per heavy atom. The molecule has 1 saturated carbocycles. The molecule has 3 heterocycles. The maximum absolute atomic E-state index is 5.54. The van der Waals surface area contributed by atoms with Crippen molar-refractivity contribution >= 4 is 0 Å². The van der Waals surface area contributed by atoms with E-state index in [1.54, 1.807) is 0 Å². The first-order chi connectivity index (χ1) is 11.1. The van der Waals surface area contributed by atoms with Crippen molar-refractivity contribution in [1.82, 2.24) is 24.8 Å². The van der Waals surface area contributed by atoms with Gasteiger partial charge in [-0.25, -0.2) is 0 Å². The lowest BCUT2D eigenvalue weighted by Gasteiger charge is -2.28. The van der Waals surface area contributed by atoms with Gasteiger partial charge in [0.15, 0.2) is 5.82 Å². The van der Waals surface area contributed by atoms with Gasteiger partial charge in [-0.15, -0.1) is 0 Å². The first-order valence-electron chi connectivity index (χ1n) is 8.72. The van der Waals surface area contributed by atoms with Crippen LogP contribution in [0.3, 0.4) is 0 Å². The van der Waals surface area contributed by atoms with Crippen LogP contribution in [0.5, 0.6) is 0 Å². The lowest BCUT2D eigenvalue weighted by atomic mass is 10.2. The summed E-state index contributed by atoms with van der Waals surface area (Å²) in [6.07, 6.45) is 4.83. The maximum Gasteiger partial charge on any atom is 0.243 e. The summed E-state index contributed by atoms with van der Waals surface area (Å²) in [7, 11) is 0. The molecule has 2 aromatic heterocycles. The molecule has 2 aliphatic rings. The first-order valence-corrected chi connectivity index (χ1v) is 8.72. The minimum Gasteiger partial charge on any atom is -0.338 e. The largest absolute Gasteiger partial charge is 0.338 e. The second kappa shape index (κ2) is 5.74. The van der Waals surface area contributed by atoms with Crippen LogP contribution in [-0.4, -0.2) is 37.4 Å². The molecule has 0 spiro atoms. The monoisotopic (exact) mass is 315 g/mol. The summed E-state index contributed by atoms with van der Waals surface area (Å²) in [5.74, 6) is 2.22. The van der Waals surface area contributed by atoms with Crippen molar-refractivity contribution in [3.63, 3.8) is 0 Å². The van der Waals surface area contributed by atoms with E-state index in [4.69, 9.17) is 4.52 Å². The summed E-state index contributed by atoms with van der Waals surface area (Å²) in [4.78, 5) is 7.14. The molecule has 2 fully saturated rings. The molecule has 0 N–H and O–H groups in total. The Morgan fingerprint density at radius 3 is 2.83 bits per heavy atom. The summed E-state index contributed by atoms with van der Waals surface area (Å²) in [6, 6.07) is 2.81. The van der Waals surface area contributed by atoms with Crippen molar-refractivity contribution in [3.8, 4) is 0 Å². The Bertz CT molecular complexity index is 687. The van der Waals surface area contributed by atoms with Crippen LogP contribution in [0.4, 0.5) is 0 Å². The van der Waals surface area contributed by atoms with Crippen molar-refractivity contribution in [3.05, 3.63) is 29.2 Å². The van der Waals surface area contributed by atoms with Crippen molar-refractivity contribution in [1.29, 1.82) is 0 Å². The van der Waals surface area contributed by atoms with E-state index in [-0.39, 0.29) is 6.04 Å². The summed E-state index contributed by atoms with van der Waals surface area (Å²) in [5, 5.41) is 8.78. The van der Waals surface area contributed by atoms with Crippen LogP contribution < -0.4 is 0 Å². The Labute approximate surface area is 136 Å². The lowest BCUT2D eigenvalue weighted by Crippen LogP contribution is -2.35. The fourth-order valence-electron chi connectivity index (χ4n) is 3.69. The zero-order chi connectivity index (χ0) is 16.0. The molecule has 6 nitrogen and oxygen atoms in total. The smallest absolute Gasteiger partial charge is 0.243 e. The van der Waals surface area contributed by atoms with Gasteiger partial charge >= 0.3 is 0 Å². The van der Waals surface area contributed by atoms with Crippen molar-refractivity contribution < 1.29 is 4.52 Å². The van der Waals surface area contributed by atoms with E-state index in [1.165, 1.54) is 31.4 Å². The minimum absolute atomic E-state index is 0.180. The molecule has 0 unspecified atom stereocenters. The molecular weight excluding hydrogens is 290 g/mol. The second-order valence-corrected chi connectivity index (χ2v) is 7.08. The molecule has 1 aliphatic heterocycles. The molecule has 0 bridgehead atoms. The number of aryl methyl sites for hydroxylation is 2. The molecule has 2 aromatic rings. The Balaban J connectivity index is 1.48. The highest BCUT2D eigenvalue weighted by Crippen LogP contribution is 2.39. The number of aromatic nitrogens is 4. The van der Waals surface area contributed by atoms with E-state index in [1.807, 2.05) is 0 Å². The summed E-state index contributed by atoms with van der Waals surface area (Å²) < 4.78 is 7.67. The number of likely N-dealkylation sites (tertiary alicyclic amines) is 1. The highest BCUT2D eigenvalue weighted by Gasteiger charge is 2.34. The van der Waals surface area contributed by atoms with Gasteiger partial charge in [-0.3, -0.25) is 9.58 Å². The zero-order valence-corrected chi connectivity index (χ0v) is 14.2. The van der Waals surface area contributed by atoms with Gasteiger partial charge < -0.3 is 4.52 Å². The van der Waals surface area contributed by atoms with Crippen LogP contribution in [0.2, 0.25) is 0 Å². The lowest BCUT2D eigenvalue weighted by molar-refractivity contribution is 0.144. The molecule has 124 valence electrons. The fourth-order valence-corrected chi connectivity index (χ4v) is 3.69. The summed E-state index contributed by atoms with van der Waals surface area (Å²) in [5.41, 5.74) is 2.32. The molecule has 0 radical (unpaired) electrons. The SMILES string of the molecule is Cc1cc(C)n(C[C@H]2CCCN2[C@@H](C)c2nc(C3CC3)no2)n1. The van der Waals surface area contributed by atoms with E-state index >= 15 is 0 Å². The van der Waals surface area contributed by atoms with Crippen LogP contribution in [0.15, 0.2) is 10.6 Å². The standard InChI is InChI=1S/C17H25N5O/c1-11-9-12(2)22(19-11)10-15-5-4-8-21(15)13(3)17-18-16(20-23-17)14-6-7-14/h9,13-15H,4-8,10H2,1-3H3/t13-,15+/m0/s1. The van der Waals surface area contributed by atoms with Crippen molar-refractivity contribution in [2.24, 2.45) is 0 Å². The molecule has 2 atom stereocenters.